The van der Waals surface area contributed by atoms with E-state index in [0.29, 0.717) is 17.2 Å². The molecule has 0 saturated carbocycles. The van der Waals surface area contributed by atoms with Crippen molar-refractivity contribution in [3.05, 3.63) is 69.8 Å². The first-order valence-electron chi connectivity index (χ1n) is 9.70. The summed E-state index contributed by atoms with van der Waals surface area (Å²) < 4.78 is 5.26. The van der Waals surface area contributed by atoms with E-state index in [9.17, 15) is 19.7 Å². The van der Waals surface area contributed by atoms with Crippen LogP contribution in [-0.4, -0.2) is 35.9 Å². The van der Waals surface area contributed by atoms with Gasteiger partial charge in [0.15, 0.2) is 6.10 Å². The Balaban J connectivity index is 1.76. The van der Waals surface area contributed by atoms with Crippen LogP contribution in [-0.2, 0) is 4.74 Å². The molecule has 0 bridgehead atoms. The van der Waals surface area contributed by atoms with Crippen molar-refractivity contribution in [2.75, 3.05) is 18.0 Å². The molecule has 7 heteroatoms. The highest BCUT2D eigenvalue weighted by atomic mass is 16.6. The summed E-state index contributed by atoms with van der Waals surface area (Å²) >= 11 is 0. The molecule has 1 aliphatic rings. The maximum atomic E-state index is 12.5. The number of benzene rings is 2. The number of ketones is 1. The molecule has 0 aromatic heterocycles. The number of nitro groups is 1. The lowest BCUT2D eigenvalue weighted by Gasteiger charge is -2.31. The normalized spacial score (nSPS) is 15.6. The van der Waals surface area contributed by atoms with E-state index in [1.54, 1.807) is 36.4 Å². The minimum Gasteiger partial charge on any atom is -0.451 e. The van der Waals surface area contributed by atoms with Crippen LogP contribution in [0.4, 0.5) is 11.4 Å². The zero-order valence-corrected chi connectivity index (χ0v) is 16.5. The first-order valence-corrected chi connectivity index (χ1v) is 9.70. The van der Waals surface area contributed by atoms with Crippen LogP contribution < -0.4 is 4.90 Å². The Bertz CT molecular complexity index is 905. The third kappa shape index (κ3) is 4.80. The Morgan fingerprint density at radius 3 is 2.38 bits per heavy atom. The number of nitro benzene ring substituents is 1. The topological polar surface area (TPSA) is 89.8 Å². The standard InChI is InChI=1S/C22H24N2O5/c1-15-10-12-23(13-11-15)19-9-8-18(14-20(19)24(27)28)22(26)29-16(2)21(25)17-6-4-3-5-7-17/h3-9,14-16H,10-13H2,1-2H3. The Morgan fingerprint density at radius 1 is 1.10 bits per heavy atom. The van der Waals surface area contributed by atoms with Crippen LogP contribution in [0.15, 0.2) is 48.5 Å². The fraction of sp³-hybridized carbons (Fsp3) is 0.364. The van der Waals surface area contributed by atoms with Gasteiger partial charge in [-0.15, -0.1) is 0 Å². The molecule has 29 heavy (non-hydrogen) atoms. The van der Waals surface area contributed by atoms with Gasteiger partial charge in [-0.25, -0.2) is 4.79 Å². The summed E-state index contributed by atoms with van der Waals surface area (Å²) in [6, 6.07) is 12.9. The highest BCUT2D eigenvalue weighted by molar-refractivity contribution is 6.01. The van der Waals surface area contributed by atoms with Crippen molar-refractivity contribution in [2.24, 2.45) is 5.92 Å². The highest BCUT2D eigenvalue weighted by Gasteiger charge is 2.26. The number of anilines is 1. The van der Waals surface area contributed by atoms with Crippen molar-refractivity contribution in [1.29, 1.82) is 0 Å². The first-order chi connectivity index (χ1) is 13.9. The maximum absolute atomic E-state index is 12.5. The van der Waals surface area contributed by atoms with E-state index < -0.39 is 17.0 Å². The Morgan fingerprint density at radius 2 is 1.76 bits per heavy atom. The summed E-state index contributed by atoms with van der Waals surface area (Å²) in [4.78, 5) is 38.0. The SMILES string of the molecule is CC1CCN(c2ccc(C(=O)OC(C)C(=O)c3ccccc3)cc2[N+](=O)[O-])CC1. The smallest absolute Gasteiger partial charge is 0.339 e. The second kappa shape index (κ2) is 8.86. The summed E-state index contributed by atoms with van der Waals surface area (Å²) in [5.41, 5.74) is 0.870. The van der Waals surface area contributed by atoms with Crippen molar-refractivity contribution in [3.8, 4) is 0 Å². The van der Waals surface area contributed by atoms with E-state index in [1.165, 1.54) is 19.1 Å². The van der Waals surface area contributed by atoms with E-state index >= 15 is 0 Å². The van der Waals surface area contributed by atoms with E-state index in [1.807, 2.05) is 4.90 Å². The van der Waals surface area contributed by atoms with Crippen molar-refractivity contribution < 1.29 is 19.2 Å². The van der Waals surface area contributed by atoms with Crippen LogP contribution in [0.3, 0.4) is 0 Å². The van der Waals surface area contributed by atoms with Crippen LogP contribution in [0.25, 0.3) is 0 Å². The number of hydrogen-bond donors (Lipinski definition) is 0. The largest absolute Gasteiger partial charge is 0.451 e. The quantitative estimate of drug-likeness (QED) is 0.314. The molecule has 0 spiro atoms. The molecule has 1 heterocycles. The van der Waals surface area contributed by atoms with E-state index in [2.05, 4.69) is 6.92 Å². The zero-order chi connectivity index (χ0) is 21.0. The molecule has 0 aliphatic carbocycles. The average molecular weight is 396 g/mol. The van der Waals surface area contributed by atoms with Crippen LogP contribution >= 0.6 is 0 Å². The predicted octanol–water partition coefficient (Wildman–Crippen LogP) is 4.26. The van der Waals surface area contributed by atoms with Crippen molar-refractivity contribution in [3.63, 3.8) is 0 Å². The molecule has 2 aromatic carbocycles. The third-order valence-corrected chi connectivity index (χ3v) is 5.24. The van der Waals surface area contributed by atoms with Gasteiger partial charge in [-0.05, 0) is 37.8 Å². The van der Waals surface area contributed by atoms with Gasteiger partial charge in [0.25, 0.3) is 5.69 Å². The molecule has 3 rings (SSSR count). The van der Waals surface area contributed by atoms with Crippen LogP contribution in [0.5, 0.6) is 0 Å². The number of rotatable bonds is 6. The molecule has 0 radical (unpaired) electrons. The van der Waals surface area contributed by atoms with Gasteiger partial charge >= 0.3 is 5.97 Å². The van der Waals surface area contributed by atoms with Crippen LogP contribution in [0.1, 0.15) is 47.4 Å². The first kappa shape index (κ1) is 20.5. The monoisotopic (exact) mass is 396 g/mol. The van der Waals surface area contributed by atoms with Gasteiger partial charge in [-0.1, -0.05) is 37.3 Å². The zero-order valence-electron chi connectivity index (χ0n) is 16.5. The fourth-order valence-electron chi connectivity index (χ4n) is 3.43. The Kier molecular flexibility index (Phi) is 6.26. The van der Waals surface area contributed by atoms with Gasteiger partial charge in [0.05, 0.1) is 10.5 Å². The lowest BCUT2D eigenvalue weighted by Crippen LogP contribution is -2.33. The number of ether oxygens (including phenoxy) is 1. The van der Waals surface area contributed by atoms with Gasteiger partial charge < -0.3 is 9.64 Å². The van der Waals surface area contributed by atoms with Crippen molar-refractivity contribution >= 4 is 23.1 Å². The summed E-state index contributed by atoms with van der Waals surface area (Å²) in [6.45, 7) is 5.15. The summed E-state index contributed by atoms with van der Waals surface area (Å²) in [6.07, 6.45) is 0.951. The molecular weight excluding hydrogens is 372 g/mol. The number of piperidine rings is 1. The molecule has 1 atom stereocenters. The van der Waals surface area contributed by atoms with Gasteiger partial charge in [-0.3, -0.25) is 14.9 Å². The van der Waals surface area contributed by atoms with E-state index in [0.717, 1.165) is 25.9 Å². The average Bonchev–Trinajstić information content (AvgIpc) is 2.73. The summed E-state index contributed by atoms with van der Waals surface area (Å²) in [7, 11) is 0. The van der Waals surface area contributed by atoms with Crippen molar-refractivity contribution in [1.82, 2.24) is 0 Å². The Hall–Kier alpha value is -3.22. The number of Topliss-reactive ketones (excluding diaryl/α,β-unsaturated/α-hetero) is 1. The van der Waals surface area contributed by atoms with Gasteiger partial charge in [0.2, 0.25) is 5.78 Å². The molecule has 2 aromatic rings. The minimum absolute atomic E-state index is 0.0542. The summed E-state index contributed by atoms with van der Waals surface area (Å²) in [5.74, 6) is -0.487. The highest BCUT2D eigenvalue weighted by Crippen LogP contribution is 2.32. The minimum atomic E-state index is -0.993. The number of carbonyl (C=O) groups is 2. The molecule has 1 aliphatic heterocycles. The van der Waals surface area contributed by atoms with Crippen LogP contribution in [0, 0.1) is 16.0 Å². The molecular formula is C22H24N2O5. The molecule has 1 fully saturated rings. The van der Waals surface area contributed by atoms with E-state index in [4.69, 9.17) is 4.74 Å². The number of esters is 1. The molecule has 1 saturated heterocycles. The maximum Gasteiger partial charge on any atom is 0.339 e. The number of carbonyl (C=O) groups excluding carboxylic acids is 2. The van der Waals surface area contributed by atoms with Gasteiger partial charge in [0, 0.05) is 24.7 Å². The molecule has 1 unspecified atom stereocenters. The molecule has 0 N–H and O–H groups in total. The lowest BCUT2D eigenvalue weighted by molar-refractivity contribution is -0.384. The summed E-state index contributed by atoms with van der Waals surface area (Å²) in [5, 5.41) is 11.6. The second-order valence-electron chi connectivity index (χ2n) is 7.41. The van der Waals surface area contributed by atoms with Crippen molar-refractivity contribution in [2.45, 2.75) is 32.8 Å². The predicted molar refractivity (Wildman–Crippen MR) is 109 cm³/mol. The number of nitrogens with zero attached hydrogens (tertiary/aromatic N) is 2. The number of hydrogen-bond acceptors (Lipinski definition) is 6. The lowest BCUT2D eigenvalue weighted by atomic mass is 9.98. The molecule has 7 nitrogen and oxygen atoms in total. The second-order valence-corrected chi connectivity index (χ2v) is 7.41. The van der Waals surface area contributed by atoms with E-state index in [-0.39, 0.29) is 17.0 Å². The molecule has 152 valence electrons. The molecule has 0 amide bonds. The van der Waals surface area contributed by atoms with Crippen LogP contribution in [0.2, 0.25) is 0 Å². The van der Waals surface area contributed by atoms with Gasteiger partial charge in [0.1, 0.15) is 5.69 Å². The Labute approximate surface area is 169 Å². The van der Waals surface area contributed by atoms with Gasteiger partial charge in [-0.2, -0.15) is 0 Å². The third-order valence-electron chi connectivity index (χ3n) is 5.24. The fourth-order valence-corrected chi connectivity index (χ4v) is 3.43.